The predicted octanol–water partition coefficient (Wildman–Crippen LogP) is 3.97. The summed E-state index contributed by atoms with van der Waals surface area (Å²) in [5.41, 5.74) is 3.38. The van der Waals surface area contributed by atoms with Crippen molar-refractivity contribution in [3.05, 3.63) is 74.9 Å². The van der Waals surface area contributed by atoms with Crippen molar-refractivity contribution in [1.82, 2.24) is 0 Å². The van der Waals surface area contributed by atoms with E-state index in [2.05, 4.69) is 27.0 Å². The van der Waals surface area contributed by atoms with E-state index in [4.69, 9.17) is 10.00 Å². The van der Waals surface area contributed by atoms with Crippen LogP contribution in [0.2, 0.25) is 0 Å². The van der Waals surface area contributed by atoms with Gasteiger partial charge in [-0.15, -0.1) is 0 Å². The summed E-state index contributed by atoms with van der Waals surface area (Å²) in [6.07, 6.45) is 1.64. The van der Waals surface area contributed by atoms with Gasteiger partial charge in [-0.25, -0.2) is 9.79 Å². The molecular weight excluding hydrogens is 356 g/mol. The number of rotatable bonds is 2. The molecule has 0 radical (unpaired) electrons. The number of hydrogen-bond acceptors (Lipinski definition) is 4. The number of nitrogens with zero attached hydrogens (tertiary/aromatic N) is 2. The molecule has 1 aliphatic rings. The minimum absolute atomic E-state index is 0.241. The highest BCUT2D eigenvalue weighted by Crippen LogP contribution is 2.22. The van der Waals surface area contributed by atoms with E-state index in [1.165, 1.54) is 0 Å². The van der Waals surface area contributed by atoms with Crippen LogP contribution < -0.4 is 0 Å². The molecule has 2 aromatic rings. The average molecular weight is 367 g/mol. The van der Waals surface area contributed by atoms with Gasteiger partial charge in [-0.3, -0.25) is 0 Å². The smallest absolute Gasteiger partial charge is 0.363 e. The van der Waals surface area contributed by atoms with E-state index in [0.717, 1.165) is 21.2 Å². The molecule has 0 bridgehead atoms. The number of ether oxygens (including phenoxy) is 1. The van der Waals surface area contributed by atoms with E-state index < -0.39 is 5.97 Å². The Bertz CT molecular complexity index is 890. The summed E-state index contributed by atoms with van der Waals surface area (Å²) < 4.78 is 6.23. The molecule has 23 heavy (non-hydrogen) atoms. The molecule has 3 rings (SSSR count). The van der Waals surface area contributed by atoms with Gasteiger partial charge in [-0.05, 0) is 54.5 Å². The molecule has 0 unspecified atom stereocenters. The average Bonchev–Trinajstić information content (AvgIpc) is 2.92. The maximum Gasteiger partial charge on any atom is 0.363 e. The number of aryl methyl sites for hydroxylation is 1. The first kappa shape index (κ1) is 15.2. The molecule has 1 aliphatic heterocycles. The summed E-state index contributed by atoms with van der Waals surface area (Å²) >= 11 is 3.44. The molecule has 0 N–H and O–H groups in total. The maximum atomic E-state index is 12.0. The Morgan fingerprint density at radius 3 is 2.61 bits per heavy atom. The maximum absolute atomic E-state index is 12.0. The number of esters is 1. The van der Waals surface area contributed by atoms with Crippen LogP contribution in [0.4, 0.5) is 0 Å². The molecule has 4 nitrogen and oxygen atoms in total. The van der Waals surface area contributed by atoms with Crippen LogP contribution >= 0.6 is 15.9 Å². The van der Waals surface area contributed by atoms with Gasteiger partial charge in [0.2, 0.25) is 5.90 Å². The van der Waals surface area contributed by atoms with Crippen molar-refractivity contribution >= 4 is 33.9 Å². The normalized spacial score (nSPS) is 15.3. The largest absolute Gasteiger partial charge is 0.402 e. The monoisotopic (exact) mass is 366 g/mol. The van der Waals surface area contributed by atoms with E-state index in [0.29, 0.717) is 11.5 Å². The van der Waals surface area contributed by atoms with E-state index in [1.807, 2.05) is 25.1 Å². The van der Waals surface area contributed by atoms with Crippen molar-refractivity contribution in [2.24, 2.45) is 4.99 Å². The number of hydrogen-bond donors (Lipinski definition) is 0. The lowest BCUT2D eigenvalue weighted by Crippen LogP contribution is -2.05. The van der Waals surface area contributed by atoms with Crippen LogP contribution in [0.1, 0.15) is 22.3 Å². The summed E-state index contributed by atoms with van der Waals surface area (Å²) in [6.45, 7) is 1.96. The van der Waals surface area contributed by atoms with Crippen molar-refractivity contribution in [1.29, 1.82) is 5.26 Å². The Labute approximate surface area is 141 Å². The molecule has 0 saturated heterocycles. The Kier molecular flexibility index (Phi) is 4.09. The van der Waals surface area contributed by atoms with Crippen LogP contribution in [0, 0.1) is 18.3 Å². The highest BCUT2D eigenvalue weighted by molar-refractivity contribution is 9.10. The molecule has 0 aromatic heterocycles. The third kappa shape index (κ3) is 3.22. The molecule has 112 valence electrons. The number of benzene rings is 2. The fraction of sp³-hybridized carbons (Fsp3) is 0.0556. The number of cyclic esters (lactones) is 1. The van der Waals surface area contributed by atoms with Crippen LogP contribution in [0.25, 0.3) is 6.08 Å². The Hall–Kier alpha value is -2.71. The minimum atomic E-state index is -0.482. The van der Waals surface area contributed by atoms with Gasteiger partial charge in [0, 0.05) is 10.0 Å². The summed E-state index contributed by atoms with van der Waals surface area (Å²) in [4.78, 5) is 16.2. The zero-order valence-corrected chi connectivity index (χ0v) is 13.8. The number of nitriles is 1. The number of aliphatic imine (C=N–C) groups is 1. The van der Waals surface area contributed by atoms with Gasteiger partial charge in [0.05, 0.1) is 11.6 Å². The first-order valence-electron chi connectivity index (χ1n) is 6.86. The molecule has 0 amide bonds. The van der Waals surface area contributed by atoms with Gasteiger partial charge in [0.1, 0.15) is 0 Å². The van der Waals surface area contributed by atoms with Gasteiger partial charge >= 0.3 is 5.97 Å². The first-order chi connectivity index (χ1) is 11.1. The van der Waals surface area contributed by atoms with E-state index >= 15 is 0 Å². The first-order valence-corrected chi connectivity index (χ1v) is 7.65. The SMILES string of the molecule is Cc1cc(C2=NC(=Cc3ccc(C#N)cc3)C(=O)O2)ccc1Br. The van der Waals surface area contributed by atoms with Gasteiger partial charge < -0.3 is 4.74 Å². The lowest BCUT2D eigenvalue weighted by atomic mass is 10.1. The van der Waals surface area contributed by atoms with Crippen molar-refractivity contribution in [3.8, 4) is 6.07 Å². The van der Waals surface area contributed by atoms with Crippen molar-refractivity contribution in [3.63, 3.8) is 0 Å². The third-order valence-corrected chi connectivity index (χ3v) is 4.26. The van der Waals surface area contributed by atoms with Gasteiger partial charge in [0.25, 0.3) is 0 Å². The second kappa shape index (κ2) is 6.19. The zero-order valence-electron chi connectivity index (χ0n) is 12.2. The zero-order chi connectivity index (χ0) is 16.4. The van der Waals surface area contributed by atoms with Crippen LogP contribution in [0.3, 0.4) is 0 Å². The number of halogens is 1. The topological polar surface area (TPSA) is 62.5 Å². The molecule has 0 spiro atoms. The molecule has 0 atom stereocenters. The Morgan fingerprint density at radius 2 is 1.96 bits per heavy atom. The third-order valence-electron chi connectivity index (χ3n) is 3.37. The Balaban J connectivity index is 1.92. The molecule has 0 fully saturated rings. The standard InChI is InChI=1S/C18H11BrN2O2/c1-11-8-14(6-7-15(11)19)17-21-16(18(22)23-17)9-12-2-4-13(10-20)5-3-12/h2-9H,1H3. The van der Waals surface area contributed by atoms with Gasteiger partial charge in [-0.1, -0.05) is 28.1 Å². The second-order valence-electron chi connectivity index (χ2n) is 5.03. The highest BCUT2D eigenvalue weighted by Gasteiger charge is 2.24. The summed E-state index contributed by atoms with van der Waals surface area (Å²) in [5.74, 6) is -0.185. The van der Waals surface area contributed by atoms with E-state index in [9.17, 15) is 4.79 Å². The molecule has 5 heteroatoms. The molecular formula is C18H11BrN2O2. The predicted molar refractivity (Wildman–Crippen MR) is 90.6 cm³/mol. The summed E-state index contributed by atoms with van der Waals surface area (Å²) in [6, 6.07) is 14.6. The van der Waals surface area contributed by atoms with Crippen molar-refractivity contribution in [2.45, 2.75) is 6.92 Å². The molecule has 0 aliphatic carbocycles. The van der Waals surface area contributed by atoms with Crippen LogP contribution in [0.15, 0.2) is 57.6 Å². The van der Waals surface area contributed by atoms with E-state index in [1.54, 1.807) is 30.3 Å². The molecule has 0 saturated carbocycles. The summed E-state index contributed by atoms with van der Waals surface area (Å²) in [7, 11) is 0. The Morgan fingerprint density at radius 1 is 1.22 bits per heavy atom. The van der Waals surface area contributed by atoms with E-state index in [-0.39, 0.29) is 5.70 Å². The summed E-state index contributed by atoms with van der Waals surface area (Å²) in [5, 5.41) is 8.79. The molecule has 2 aromatic carbocycles. The van der Waals surface area contributed by atoms with Gasteiger partial charge in [-0.2, -0.15) is 5.26 Å². The lowest BCUT2D eigenvalue weighted by Gasteiger charge is -2.02. The fourth-order valence-corrected chi connectivity index (χ4v) is 2.37. The van der Waals surface area contributed by atoms with Crippen molar-refractivity contribution in [2.75, 3.05) is 0 Å². The highest BCUT2D eigenvalue weighted by atomic mass is 79.9. The van der Waals surface area contributed by atoms with Gasteiger partial charge in [0.15, 0.2) is 5.70 Å². The minimum Gasteiger partial charge on any atom is -0.402 e. The van der Waals surface area contributed by atoms with Crippen molar-refractivity contribution < 1.29 is 9.53 Å². The molecule has 1 heterocycles. The number of carbonyl (C=O) groups is 1. The van der Waals surface area contributed by atoms with Crippen LogP contribution in [-0.4, -0.2) is 11.9 Å². The quantitative estimate of drug-likeness (QED) is 0.596. The second-order valence-corrected chi connectivity index (χ2v) is 5.89. The number of carbonyl (C=O) groups excluding carboxylic acids is 1. The van der Waals surface area contributed by atoms with Crippen LogP contribution in [-0.2, 0) is 9.53 Å². The van der Waals surface area contributed by atoms with Crippen LogP contribution in [0.5, 0.6) is 0 Å². The lowest BCUT2D eigenvalue weighted by molar-refractivity contribution is -0.129. The fourth-order valence-electron chi connectivity index (χ4n) is 2.12.